The first kappa shape index (κ1) is 21.6. The number of alkyl halides is 2. The SMILES string of the molecule is COc1cccc(C(=O)N(C)CC(=O)Nc2ccc(Br)cc2C)c1OC(F)F. The first-order valence-electron chi connectivity index (χ1n) is 8.16. The van der Waals surface area contributed by atoms with Crippen LogP contribution in [0.2, 0.25) is 0 Å². The van der Waals surface area contributed by atoms with Gasteiger partial charge in [-0.15, -0.1) is 0 Å². The summed E-state index contributed by atoms with van der Waals surface area (Å²) in [5.41, 5.74) is 1.32. The van der Waals surface area contributed by atoms with Crippen molar-refractivity contribution in [3.05, 3.63) is 52.0 Å². The smallest absolute Gasteiger partial charge is 0.387 e. The minimum absolute atomic E-state index is 0.00510. The van der Waals surface area contributed by atoms with E-state index in [0.717, 1.165) is 14.9 Å². The average molecular weight is 457 g/mol. The van der Waals surface area contributed by atoms with E-state index in [4.69, 9.17) is 4.74 Å². The average Bonchev–Trinajstić information content (AvgIpc) is 2.63. The second-order valence-electron chi connectivity index (χ2n) is 5.88. The lowest BCUT2D eigenvalue weighted by Crippen LogP contribution is -2.35. The molecule has 0 saturated heterocycles. The number of ether oxygens (including phenoxy) is 2. The third-order valence-electron chi connectivity index (χ3n) is 3.83. The number of amides is 2. The highest BCUT2D eigenvalue weighted by Crippen LogP contribution is 2.33. The minimum atomic E-state index is -3.13. The molecule has 0 aliphatic heterocycles. The molecule has 9 heteroatoms. The molecule has 0 aliphatic rings. The summed E-state index contributed by atoms with van der Waals surface area (Å²) >= 11 is 3.34. The molecule has 0 aromatic heterocycles. The van der Waals surface area contributed by atoms with Gasteiger partial charge in [-0.3, -0.25) is 9.59 Å². The zero-order valence-electron chi connectivity index (χ0n) is 15.5. The Labute approximate surface area is 169 Å². The van der Waals surface area contributed by atoms with Crippen LogP contribution in [0.25, 0.3) is 0 Å². The predicted molar refractivity (Wildman–Crippen MR) is 104 cm³/mol. The summed E-state index contributed by atoms with van der Waals surface area (Å²) in [5, 5.41) is 2.71. The number of nitrogens with zero attached hydrogens (tertiary/aromatic N) is 1. The number of carbonyl (C=O) groups is 2. The van der Waals surface area contributed by atoms with Gasteiger partial charge in [0, 0.05) is 17.2 Å². The quantitative estimate of drug-likeness (QED) is 0.681. The van der Waals surface area contributed by atoms with Crippen molar-refractivity contribution in [3.63, 3.8) is 0 Å². The summed E-state index contributed by atoms with van der Waals surface area (Å²) in [6.07, 6.45) is 0. The van der Waals surface area contributed by atoms with Gasteiger partial charge < -0.3 is 19.7 Å². The van der Waals surface area contributed by atoms with E-state index in [1.54, 1.807) is 12.1 Å². The molecule has 0 heterocycles. The Bertz CT molecular complexity index is 877. The van der Waals surface area contributed by atoms with E-state index in [0.29, 0.717) is 5.69 Å². The van der Waals surface area contributed by atoms with Crippen LogP contribution in [0.3, 0.4) is 0 Å². The number of carbonyl (C=O) groups excluding carboxylic acids is 2. The van der Waals surface area contributed by atoms with E-state index >= 15 is 0 Å². The van der Waals surface area contributed by atoms with E-state index in [-0.39, 0.29) is 23.6 Å². The van der Waals surface area contributed by atoms with Crippen LogP contribution in [0, 0.1) is 6.92 Å². The van der Waals surface area contributed by atoms with Crippen LogP contribution in [0.4, 0.5) is 14.5 Å². The molecule has 2 rings (SSSR count). The number of rotatable bonds is 7. The van der Waals surface area contributed by atoms with Crippen molar-refractivity contribution in [2.24, 2.45) is 0 Å². The van der Waals surface area contributed by atoms with Crippen molar-refractivity contribution in [2.75, 3.05) is 26.0 Å². The van der Waals surface area contributed by atoms with Gasteiger partial charge in [-0.2, -0.15) is 8.78 Å². The number of hydrogen-bond acceptors (Lipinski definition) is 4. The van der Waals surface area contributed by atoms with Gasteiger partial charge in [0.2, 0.25) is 5.91 Å². The largest absolute Gasteiger partial charge is 0.493 e. The van der Waals surface area contributed by atoms with Gasteiger partial charge in [0.1, 0.15) is 0 Å². The zero-order chi connectivity index (χ0) is 20.8. The summed E-state index contributed by atoms with van der Waals surface area (Å²) in [6.45, 7) is -1.57. The van der Waals surface area contributed by atoms with Crippen LogP contribution < -0.4 is 14.8 Å². The fourth-order valence-corrected chi connectivity index (χ4v) is 2.98. The highest BCUT2D eigenvalue weighted by molar-refractivity contribution is 9.10. The molecule has 28 heavy (non-hydrogen) atoms. The molecule has 1 N–H and O–H groups in total. The number of hydrogen-bond donors (Lipinski definition) is 1. The third kappa shape index (κ3) is 5.41. The molecule has 0 unspecified atom stereocenters. The highest BCUT2D eigenvalue weighted by atomic mass is 79.9. The maximum absolute atomic E-state index is 12.7. The number of nitrogens with one attached hydrogen (secondary N) is 1. The van der Waals surface area contributed by atoms with Crippen LogP contribution >= 0.6 is 15.9 Å². The molecular formula is C19H19BrF2N2O4. The first-order valence-corrected chi connectivity index (χ1v) is 8.95. The van der Waals surface area contributed by atoms with Crippen LogP contribution in [-0.2, 0) is 4.79 Å². The van der Waals surface area contributed by atoms with Crippen LogP contribution in [-0.4, -0.2) is 44.0 Å². The maximum Gasteiger partial charge on any atom is 0.387 e. The van der Waals surface area contributed by atoms with Crippen molar-refractivity contribution in [2.45, 2.75) is 13.5 Å². The van der Waals surface area contributed by atoms with Gasteiger partial charge in [-0.1, -0.05) is 22.0 Å². The van der Waals surface area contributed by atoms with Crippen LogP contribution in [0.15, 0.2) is 40.9 Å². The fourth-order valence-electron chi connectivity index (χ4n) is 2.51. The summed E-state index contributed by atoms with van der Waals surface area (Å²) in [5.74, 6) is -1.46. The summed E-state index contributed by atoms with van der Waals surface area (Å²) in [4.78, 5) is 26.1. The van der Waals surface area contributed by atoms with Gasteiger partial charge >= 0.3 is 6.61 Å². The lowest BCUT2D eigenvalue weighted by atomic mass is 10.1. The van der Waals surface area contributed by atoms with Gasteiger partial charge in [-0.25, -0.2) is 0 Å². The monoisotopic (exact) mass is 456 g/mol. The molecular weight excluding hydrogens is 438 g/mol. The zero-order valence-corrected chi connectivity index (χ0v) is 17.0. The molecule has 2 amide bonds. The Morgan fingerprint density at radius 3 is 2.57 bits per heavy atom. The van der Waals surface area contributed by atoms with Crippen LogP contribution in [0.1, 0.15) is 15.9 Å². The maximum atomic E-state index is 12.7. The van der Waals surface area contributed by atoms with Gasteiger partial charge in [0.05, 0.1) is 19.2 Å². The summed E-state index contributed by atoms with van der Waals surface area (Å²) in [6, 6.07) is 9.56. The predicted octanol–water partition coefficient (Wildman–Crippen LogP) is 4.08. The van der Waals surface area contributed by atoms with E-state index in [9.17, 15) is 18.4 Å². The summed E-state index contributed by atoms with van der Waals surface area (Å²) < 4.78 is 35.8. The van der Waals surface area contributed by atoms with Crippen molar-refractivity contribution < 1.29 is 27.8 Å². The fraction of sp³-hybridized carbons (Fsp3) is 0.263. The lowest BCUT2D eigenvalue weighted by molar-refractivity contribution is -0.116. The molecule has 6 nitrogen and oxygen atoms in total. The Kier molecular flexibility index (Phi) is 7.33. The molecule has 0 fully saturated rings. The Hall–Kier alpha value is -2.68. The number of aryl methyl sites for hydroxylation is 1. The van der Waals surface area contributed by atoms with Crippen molar-refractivity contribution in [1.29, 1.82) is 0 Å². The molecule has 0 aliphatic carbocycles. The number of likely N-dealkylation sites (N-methyl/N-ethyl adjacent to an activating group) is 1. The Balaban J connectivity index is 2.15. The van der Waals surface area contributed by atoms with Gasteiger partial charge in [0.15, 0.2) is 11.5 Å². The van der Waals surface area contributed by atoms with E-state index in [1.165, 1.54) is 32.4 Å². The highest BCUT2D eigenvalue weighted by Gasteiger charge is 2.23. The molecule has 2 aromatic rings. The number of para-hydroxylation sites is 1. The second-order valence-corrected chi connectivity index (χ2v) is 6.80. The molecule has 0 atom stereocenters. The Morgan fingerprint density at radius 2 is 1.96 bits per heavy atom. The number of benzene rings is 2. The van der Waals surface area contributed by atoms with Crippen molar-refractivity contribution in [1.82, 2.24) is 4.90 Å². The third-order valence-corrected chi connectivity index (χ3v) is 4.32. The number of methoxy groups -OCH3 is 1. The van der Waals surface area contributed by atoms with Crippen LogP contribution in [0.5, 0.6) is 11.5 Å². The summed E-state index contributed by atoms with van der Waals surface area (Å²) in [7, 11) is 2.67. The van der Waals surface area contributed by atoms with E-state index in [2.05, 4.69) is 26.0 Å². The second kappa shape index (κ2) is 9.50. The Morgan fingerprint density at radius 1 is 1.25 bits per heavy atom. The lowest BCUT2D eigenvalue weighted by Gasteiger charge is -2.20. The molecule has 0 saturated carbocycles. The topological polar surface area (TPSA) is 67.9 Å². The number of anilines is 1. The molecule has 0 spiro atoms. The van der Waals surface area contributed by atoms with Gasteiger partial charge in [0.25, 0.3) is 5.91 Å². The first-order chi connectivity index (χ1) is 13.2. The molecule has 0 radical (unpaired) electrons. The van der Waals surface area contributed by atoms with Crippen molar-refractivity contribution >= 4 is 33.4 Å². The minimum Gasteiger partial charge on any atom is -0.493 e. The van der Waals surface area contributed by atoms with Crippen molar-refractivity contribution in [3.8, 4) is 11.5 Å². The molecule has 2 aromatic carbocycles. The number of halogens is 3. The normalized spacial score (nSPS) is 10.5. The van der Waals surface area contributed by atoms with E-state index in [1.807, 2.05) is 13.0 Å². The molecule has 150 valence electrons. The van der Waals surface area contributed by atoms with Gasteiger partial charge in [-0.05, 0) is 42.8 Å². The standard InChI is InChI=1S/C19H19BrF2N2O4/c1-11-9-12(20)7-8-14(11)23-16(25)10-24(2)18(26)13-5-4-6-15(27-3)17(13)28-19(21)22/h4-9,19H,10H2,1-3H3,(H,23,25). The molecule has 0 bridgehead atoms. The van der Waals surface area contributed by atoms with E-state index < -0.39 is 18.4 Å².